The molecule has 0 amide bonds. The van der Waals surface area contributed by atoms with Crippen LogP contribution in [0.5, 0.6) is 0 Å². The number of hydrogen-bond donors (Lipinski definition) is 0. The summed E-state index contributed by atoms with van der Waals surface area (Å²) < 4.78 is 103. The normalized spacial score (nSPS) is 9.93. The van der Waals surface area contributed by atoms with Crippen LogP contribution < -0.4 is 0 Å². The van der Waals surface area contributed by atoms with Gasteiger partial charge in [-0.2, -0.15) is 0 Å². The third-order valence-corrected chi connectivity index (χ3v) is 14.5. The Bertz CT molecular complexity index is 4020. The Morgan fingerprint density at radius 2 is 0.670 bits per heavy atom. The molecule has 0 unspecified atom stereocenters. The van der Waals surface area contributed by atoms with E-state index < -0.39 is 34.9 Å². The van der Waals surface area contributed by atoms with Gasteiger partial charge in [0.1, 0.15) is 22.5 Å². The summed E-state index contributed by atoms with van der Waals surface area (Å²) in [6.07, 6.45) is 11.2. The molecule has 16 heteroatoms. The van der Waals surface area contributed by atoms with E-state index in [2.05, 4.69) is 22.1 Å². The van der Waals surface area contributed by atoms with Crippen LogP contribution in [0.2, 0.25) is 15.1 Å². The van der Waals surface area contributed by atoms with Crippen LogP contribution in [-0.2, 0) is 42.3 Å². The van der Waals surface area contributed by atoms with Crippen molar-refractivity contribution in [1.29, 1.82) is 0 Å². The van der Waals surface area contributed by atoms with Gasteiger partial charge in [-0.25, -0.2) is 30.7 Å². The van der Waals surface area contributed by atoms with Gasteiger partial charge >= 0.3 is 0 Å². The van der Waals surface area contributed by atoms with E-state index in [9.17, 15) is 30.7 Å². The van der Waals surface area contributed by atoms with Crippen molar-refractivity contribution in [3.63, 3.8) is 0 Å². The maximum Gasteiger partial charge on any atom is 0.168 e. The fourth-order valence-electron chi connectivity index (χ4n) is 9.54. The number of aryl methyl sites for hydroxylation is 12. The molecule has 0 aliphatic rings. The molecule has 88 heavy (non-hydrogen) atoms. The van der Waals surface area contributed by atoms with Crippen molar-refractivity contribution in [2.24, 2.45) is 42.3 Å². The van der Waals surface area contributed by atoms with Gasteiger partial charge in [0.15, 0.2) is 23.3 Å². The first kappa shape index (κ1) is 79.0. The second-order valence-electron chi connectivity index (χ2n) is 18.8. The number of aromatic nitrogens is 6. The van der Waals surface area contributed by atoms with Gasteiger partial charge in [0.25, 0.3) is 0 Å². The van der Waals surface area contributed by atoms with E-state index >= 15 is 0 Å². The molecule has 0 saturated carbocycles. The van der Waals surface area contributed by atoms with Crippen LogP contribution in [0, 0.1) is 82.3 Å². The van der Waals surface area contributed by atoms with Crippen molar-refractivity contribution >= 4 is 100 Å². The first-order valence-electron chi connectivity index (χ1n) is 29.8. The van der Waals surface area contributed by atoms with Crippen molar-refractivity contribution in [2.45, 2.75) is 125 Å². The van der Waals surface area contributed by atoms with Crippen LogP contribution in [0.15, 0.2) is 122 Å². The Balaban J connectivity index is 0.000000510. The van der Waals surface area contributed by atoms with Gasteiger partial charge in [-0.3, -0.25) is 0 Å². The average Bonchev–Trinajstić information content (AvgIpc) is 4.55. The molecule has 0 radical (unpaired) electrons. The molecule has 12 rings (SSSR count). The summed E-state index contributed by atoms with van der Waals surface area (Å²) in [5.41, 5.74) is 9.94. The molecule has 6 aromatic heterocycles. The van der Waals surface area contributed by atoms with Gasteiger partial charge in [0.05, 0.1) is 33.1 Å². The van der Waals surface area contributed by atoms with E-state index in [-0.39, 0.29) is 10.8 Å². The maximum atomic E-state index is 13.4. The second-order valence-corrected chi connectivity index (χ2v) is 20.0. The minimum absolute atomic E-state index is 0.211. The summed E-state index contributed by atoms with van der Waals surface area (Å²) in [6, 6.07) is 24.2. The molecule has 0 fully saturated rings. The quantitative estimate of drug-likeness (QED) is 0.135. The molecule has 12 aromatic rings. The van der Waals surface area contributed by atoms with E-state index in [1.807, 2.05) is 185 Å². The number of benzene rings is 6. The van der Waals surface area contributed by atoms with E-state index in [0.717, 1.165) is 59.9 Å². The van der Waals surface area contributed by atoms with E-state index in [0.29, 0.717) is 33.0 Å². The van der Waals surface area contributed by atoms with Crippen LogP contribution in [-0.4, -0.2) is 27.4 Å². The topological polar surface area (TPSA) is 29.6 Å². The van der Waals surface area contributed by atoms with Gasteiger partial charge < -0.3 is 27.4 Å². The molecular weight excluding hydrogens is 1190 g/mol. The zero-order chi connectivity index (χ0) is 67.8. The molecule has 0 aliphatic carbocycles. The highest BCUT2D eigenvalue weighted by atomic mass is 35.5. The second kappa shape index (κ2) is 37.7. The lowest BCUT2D eigenvalue weighted by atomic mass is 10.1. The summed E-state index contributed by atoms with van der Waals surface area (Å²) in [5, 5.41) is 6.80. The van der Waals surface area contributed by atoms with Crippen molar-refractivity contribution in [3.05, 3.63) is 211 Å². The van der Waals surface area contributed by atoms with E-state index in [4.69, 9.17) is 34.8 Å². The fourth-order valence-corrected chi connectivity index (χ4v) is 10.3. The number of nitrogens with zero attached hydrogens (tertiary/aromatic N) is 6. The zero-order valence-electron chi connectivity index (χ0n) is 56.0. The maximum absolute atomic E-state index is 13.4. The fraction of sp³-hybridized carbons (Fsp3) is 0.333. The van der Waals surface area contributed by atoms with Crippen LogP contribution in [0.4, 0.5) is 30.7 Å². The number of hydrogen-bond acceptors (Lipinski definition) is 0. The van der Waals surface area contributed by atoms with Crippen LogP contribution in [0.25, 0.3) is 65.4 Å². The molecule has 0 aliphatic heterocycles. The third-order valence-electron chi connectivity index (χ3n) is 13.4. The van der Waals surface area contributed by atoms with Crippen LogP contribution in [0.1, 0.15) is 116 Å². The number of rotatable bonds is 0. The Hall–Kier alpha value is -7.06. The number of fused-ring (bicyclic) bond motifs is 6. The predicted molar refractivity (Wildman–Crippen MR) is 369 cm³/mol. The summed E-state index contributed by atoms with van der Waals surface area (Å²) in [5.74, 6) is -4.40. The van der Waals surface area contributed by atoms with Crippen LogP contribution in [0.3, 0.4) is 0 Å². The zero-order valence-corrected chi connectivity index (χ0v) is 58.3. The molecule has 480 valence electrons. The third kappa shape index (κ3) is 18.5. The minimum Gasteiger partial charge on any atom is -0.350 e. The highest BCUT2D eigenvalue weighted by Crippen LogP contribution is 2.31. The number of halogens is 10. The van der Waals surface area contributed by atoms with Gasteiger partial charge in [-0.1, -0.05) is 130 Å². The summed E-state index contributed by atoms with van der Waals surface area (Å²) in [7, 11) is 11.3. The molecule has 6 nitrogen and oxygen atoms in total. The highest BCUT2D eigenvalue weighted by Gasteiger charge is 2.15. The van der Waals surface area contributed by atoms with Crippen molar-refractivity contribution in [2.75, 3.05) is 0 Å². The van der Waals surface area contributed by atoms with Gasteiger partial charge in [-0.15, -0.1) is 0 Å². The smallest absolute Gasteiger partial charge is 0.168 e. The molecule has 0 saturated heterocycles. The van der Waals surface area contributed by atoms with Gasteiger partial charge in [0.2, 0.25) is 0 Å². The molecule has 0 bridgehead atoms. The van der Waals surface area contributed by atoms with Crippen LogP contribution >= 0.6 is 34.8 Å². The average molecular weight is 1280 g/mol. The SMILES string of the molecule is CC.CC.CC.CC.CC.CC.Cc1c(Cl)ccc2ccn(C)c12.Cc1c(F)c(F)cc2ccn(C)c12.Cc1c(F)cc(F)c2ccn(C)c12.Cc1cc(F)c(F)c2ccn(C)c12.Cc1cc2ccn(C)c2c(Cl)c1F.Cc1ccc(Cl)c2ccn(C)c12. The lowest BCUT2D eigenvalue weighted by molar-refractivity contribution is 0.505. The lowest BCUT2D eigenvalue weighted by Gasteiger charge is -2.03. The van der Waals surface area contributed by atoms with Crippen molar-refractivity contribution in [1.82, 2.24) is 27.4 Å². The largest absolute Gasteiger partial charge is 0.350 e. The summed E-state index contributed by atoms with van der Waals surface area (Å²) >= 11 is 17.9. The first-order valence-corrected chi connectivity index (χ1v) is 31.0. The molecule has 6 heterocycles. The molecule has 6 aromatic carbocycles. The summed E-state index contributed by atoms with van der Waals surface area (Å²) in [6.45, 7) is 34.9. The predicted octanol–water partition coefficient (Wildman–Crippen LogP) is 24.0. The molecule has 0 spiro atoms. The molecule has 0 N–H and O–H groups in total. The Labute approximate surface area is 533 Å². The van der Waals surface area contributed by atoms with Crippen molar-refractivity contribution in [3.8, 4) is 0 Å². The lowest BCUT2D eigenvalue weighted by Crippen LogP contribution is -1.94. The molecule has 0 atom stereocenters. The Morgan fingerprint density at radius 1 is 0.273 bits per heavy atom. The Kier molecular flexibility index (Phi) is 33.8. The standard InChI is InChI=1S/C10H9ClFN.2C10H10ClN.3C10H9F2N.6C2H6/c1-6-5-7-3-4-13(2)10(7)8(11)9(6)12;1-7-9(11)4-3-8-5-6-12(2)10(7)8;1-7-3-4-9(11)8-5-6-12(2)10(7)8;1-6-8(11)5-9(12)7-3-4-13(2)10(6)7;1-6-9(12)8(11)5-7-3-4-13(2)10(6)7;1-6-5-8(11)9(12)7-3-4-13(2)10(6)7;6*1-2/h3-5H,1-2H3;2*3-6H,1-2H3;3*3-5H,1-2H3;6*1-2H3. The van der Waals surface area contributed by atoms with E-state index in [1.165, 1.54) is 34.1 Å². The van der Waals surface area contributed by atoms with E-state index in [1.54, 1.807) is 91.3 Å². The highest BCUT2D eigenvalue weighted by molar-refractivity contribution is 6.36. The Morgan fingerprint density at radius 3 is 1.19 bits per heavy atom. The van der Waals surface area contributed by atoms with Crippen molar-refractivity contribution < 1.29 is 30.7 Å². The minimum atomic E-state index is -0.781. The summed E-state index contributed by atoms with van der Waals surface area (Å²) in [4.78, 5) is 0. The van der Waals surface area contributed by atoms with Gasteiger partial charge in [-0.05, 0) is 136 Å². The first-order chi connectivity index (χ1) is 41.8. The molecular formula is C72H92Cl3F7N6. The van der Waals surface area contributed by atoms with Gasteiger partial charge in [0, 0.05) is 134 Å². The monoisotopic (exact) mass is 1280 g/mol.